The fraction of sp³-hybridized carbons (Fsp3) is 0. The van der Waals surface area contributed by atoms with Gasteiger partial charge in [0.15, 0.2) is 0 Å². The Morgan fingerprint density at radius 2 is 1.52 bits per heavy atom. The second-order valence-corrected chi connectivity index (χ2v) is 6.22. The van der Waals surface area contributed by atoms with Crippen LogP contribution in [0.15, 0.2) is 79.1 Å². The molecule has 0 unspecified atom stereocenters. The Morgan fingerprint density at radius 3 is 2.28 bits per heavy atom. The Morgan fingerprint density at radius 1 is 0.828 bits per heavy atom. The van der Waals surface area contributed by atoms with Crippen LogP contribution in [0.3, 0.4) is 0 Å². The minimum Gasteiger partial charge on any atom is -0.267 e. The average molecular weight is 386 g/mol. The predicted octanol–water partition coefficient (Wildman–Crippen LogP) is 3.51. The number of carbonyl (C=O) groups is 2. The zero-order chi connectivity index (χ0) is 20.2. The van der Waals surface area contributed by atoms with Crippen molar-refractivity contribution in [3.05, 3.63) is 96.1 Å². The average Bonchev–Trinajstić information content (AvgIpc) is 2.77. The smallest absolute Gasteiger partial charge is 0.267 e. The van der Waals surface area contributed by atoms with E-state index in [4.69, 9.17) is 0 Å². The normalized spacial score (nSPS) is 10.5. The van der Waals surface area contributed by atoms with Crippen LogP contribution in [0, 0.1) is 5.82 Å². The molecule has 4 aromatic rings. The lowest BCUT2D eigenvalue weighted by molar-refractivity contribution is 0.0847. The molecule has 0 radical (unpaired) electrons. The zero-order valence-electron chi connectivity index (χ0n) is 15.1. The van der Waals surface area contributed by atoms with Crippen LogP contribution in [-0.2, 0) is 0 Å². The number of nitrogens with zero attached hydrogens (tertiary/aromatic N) is 2. The lowest BCUT2D eigenvalue weighted by Gasteiger charge is -2.11. The van der Waals surface area contributed by atoms with Crippen molar-refractivity contribution in [1.29, 1.82) is 0 Å². The van der Waals surface area contributed by atoms with E-state index in [9.17, 15) is 14.0 Å². The molecule has 0 aliphatic carbocycles. The molecule has 2 aromatic carbocycles. The Balaban J connectivity index is 1.65. The van der Waals surface area contributed by atoms with Crippen LogP contribution in [0.1, 0.15) is 20.7 Å². The summed E-state index contributed by atoms with van der Waals surface area (Å²) in [6.07, 6.45) is 2.98. The molecule has 4 rings (SSSR count). The quantitative estimate of drug-likeness (QED) is 0.528. The molecule has 0 saturated carbocycles. The molecule has 0 aliphatic rings. The molecule has 0 fully saturated rings. The Kier molecular flexibility index (Phi) is 4.94. The maximum Gasteiger partial charge on any atom is 0.270 e. The van der Waals surface area contributed by atoms with Gasteiger partial charge in [0.05, 0.1) is 16.8 Å². The summed E-state index contributed by atoms with van der Waals surface area (Å²) in [5.74, 6) is -1.31. The molecule has 29 heavy (non-hydrogen) atoms. The highest BCUT2D eigenvalue weighted by Gasteiger charge is 2.15. The van der Waals surface area contributed by atoms with E-state index < -0.39 is 11.8 Å². The van der Waals surface area contributed by atoms with Gasteiger partial charge in [-0.2, -0.15) is 0 Å². The van der Waals surface area contributed by atoms with Gasteiger partial charge in [-0.1, -0.05) is 18.2 Å². The van der Waals surface area contributed by atoms with Crippen LogP contribution in [-0.4, -0.2) is 21.8 Å². The molecule has 0 bridgehead atoms. The first-order valence-corrected chi connectivity index (χ1v) is 8.78. The molecule has 2 amide bonds. The van der Waals surface area contributed by atoms with Crippen molar-refractivity contribution in [2.24, 2.45) is 0 Å². The first-order valence-electron chi connectivity index (χ1n) is 8.78. The molecular formula is C22H15FN4O2. The number of aromatic nitrogens is 2. The van der Waals surface area contributed by atoms with Crippen molar-refractivity contribution in [3.63, 3.8) is 0 Å². The number of amides is 2. The molecule has 0 spiro atoms. The monoisotopic (exact) mass is 386 g/mol. The Hall–Kier alpha value is -4.13. The Bertz CT molecular complexity index is 1190. The van der Waals surface area contributed by atoms with Crippen LogP contribution in [0.2, 0.25) is 0 Å². The standard InChI is InChI=1S/C22H15FN4O2/c23-16-7-5-14(6-8-16)20-13-18(17-3-1-2-4-19(17)25-20)22(29)27-26-21(28)15-9-11-24-12-10-15/h1-13H,(H,26,28)(H,27,29). The third-order valence-corrected chi connectivity index (χ3v) is 4.33. The van der Waals surface area contributed by atoms with Gasteiger partial charge in [0.2, 0.25) is 0 Å². The maximum absolute atomic E-state index is 13.3. The van der Waals surface area contributed by atoms with Crippen molar-refractivity contribution in [2.45, 2.75) is 0 Å². The highest BCUT2D eigenvalue weighted by molar-refractivity contribution is 6.08. The first-order chi connectivity index (χ1) is 14.1. The topological polar surface area (TPSA) is 84.0 Å². The number of rotatable bonds is 3. The third kappa shape index (κ3) is 3.93. The number of halogens is 1. The fourth-order valence-electron chi connectivity index (χ4n) is 2.89. The van der Waals surface area contributed by atoms with Gasteiger partial charge in [0.25, 0.3) is 11.8 Å². The summed E-state index contributed by atoms with van der Waals surface area (Å²) < 4.78 is 13.3. The van der Waals surface area contributed by atoms with Gasteiger partial charge in [0.1, 0.15) is 5.82 Å². The van der Waals surface area contributed by atoms with Crippen molar-refractivity contribution < 1.29 is 14.0 Å². The Labute approximate surface area is 165 Å². The highest BCUT2D eigenvalue weighted by atomic mass is 19.1. The van der Waals surface area contributed by atoms with Crippen LogP contribution in [0.25, 0.3) is 22.2 Å². The van der Waals surface area contributed by atoms with E-state index in [1.807, 2.05) is 6.07 Å². The van der Waals surface area contributed by atoms with Gasteiger partial charge < -0.3 is 0 Å². The molecule has 2 heterocycles. The van der Waals surface area contributed by atoms with E-state index in [0.717, 1.165) is 0 Å². The minimum atomic E-state index is -0.491. The van der Waals surface area contributed by atoms with E-state index in [1.165, 1.54) is 36.7 Å². The zero-order valence-corrected chi connectivity index (χ0v) is 15.1. The molecule has 142 valence electrons. The van der Waals surface area contributed by atoms with Gasteiger partial charge >= 0.3 is 0 Å². The van der Waals surface area contributed by atoms with Crippen molar-refractivity contribution in [2.75, 3.05) is 0 Å². The van der Waals surface area contributed by atoms with E-state index in [1.54, 1.807) is 36.4 Å². The summed E-state index contributed by atoms with van der Waals surface area (Å²) in [6, 6.07) is 17.7. The van der Waals surface area contributed by atoms with E-state index in [-0.39, 0.29) is 5.82 Å². The number of para-hydroxylation sites is 1. The van der Waals surface area contributed by atoms with Crippen molar-refractivity contribution in [1.82, 2.24) is 20.8 Å². The molecule has 0 atom stereocenters. The molecule has 0 saturated heterocycles. The van der Waals surface area contributed by atoms with Gasteiger partial charge in [-0.15, -0.1) is 0 Å². The SMILES string of the molecule is O=C(NNC(=O)c1cc(-c2ccc(F)cc2)nc2ccccc12)c1ccncc1. The second kappa shape index (κ2) is 7.85. The molecule has 0 aliphatic heterocycles. The summed E-state index contributed by atoms with van der Waals surface area (Å²) in [5.41, 5.74) is 7.33. The van der Waals surface area contributed by atoms with Crippen molar-refractivity contribution in [3.8, 4) is 11.3 Å². The lowest BCUT2D eigenvalue weighted by Crippen LogP contribution is -2.41. The fourth-order valence-corrected chi connectivity index (χ4v) is 2.89. The number of carbonyl (C=O) groups excluding carboxylic acids is 2. The number of hydrogen-bond acceptors (Lipinski definition) is 4. The first kappa shape index (κ1) is 18.2. The number of hydrazine groups is 1. The summed E-state index contributed by atoms with van der Waals surface area (Å²) in [5, 5.41) is 0.633. The lowest BCUT2D eigenvalue weighted by atomic mass is 10.0. The molecular weight excluding hydrogens is 371 g/mol. The number of pyridine rings is 2. The van der Waals surface area contributed by atoms with Crippen LogP contribution < -0.4 is 10.9 Å². The van der Waals surface area contributed by atoms with Crippen LogP contribution in [0.5, 0.6) is 0 Å². The van der Waals surface area contributed by atoms with Crippen LogP contribution in [0.4, 0.5) is 4.39 Å². The van der Waals surface area contributed by atoms with Gasteiger partial charge in [0, 0.05) is 28.9 Å². The molecule has 6 nitrogen and oxygen atoms in total. The molecule has 2 aromatic heterocycles. The summed E-state index contributed by atoms with van der Waals surface area (Å²) in [6.45, 7) is 0. The summed E-state index contributed by atoms with van der Waals surface area (Å²) in [4.78, 5) is 33.4. The number of hydrogen-bond donors (Lipinski definition) is 2. The largest absolute Gasteiger partial charge is 0.270 e. The number of benzene rings is 2. The summed E-state index contributed by atoms with van der Waals surface area (Å²) in [7, 11) is 0. The second-order valence-electron chi connectivity index (χ2n) is 6.22. The summed E-state index contributed by atoms with van der Waals surface area (Å²) >= 11 is 0. The van der Waals surface area contributed by atoms with E-state index in [0.29, 0.717) is 33.3 Å². The van der Waals surface area contributed by atoms with E-state index >= 15 is 0 Å². The minimum absolute atomic E-state index is 0.338. The van der Waals surface area contributed by atoms with Crippen LogP contribution >= 0.6 is 0 Å². The number of fused-ring (bicyclic) bond motifs is 1. The maximum atomic E-state index is 13.3. The van der Waals surface area contributed by atoms with Gasteiger partial charge in [-0.25, -0.2) is 9.37 Å². The highest BCUT2D eigenvalue weighted by Crippen LogP contribution is 2.25. The molecule has 7 heteroatoms. The predicted molar refractivity (Wildman–Crippen MR) is 106 cm³/mol. The number of nitrogens with one attached hydrogen (secondary N) is 2. The van der Waals surface area contributed by atoms with Gasteiger partial charge in [-0.05, 0) is 48.5 Å². The van der Waals surface area contributed by atoms with E-state index in [2.05, 4.69) is 20.8 Å². The van der Waals surface area contributed by atoms with Crippen molar-refractivity contribution >= 4 is 22.7 Å². The third-order valence-electron chi connectivity index (χ3n) is 4.33. The van der Waals surface area contributed by atoms with Gasteiger partial charge in [-0.3, -0.25) is 25.4 Å². The molecule has 2 N–H and O–H groups in total.